The summed E-state index contributed by atoms with van der Waals surface area (Å²) in [6.45, 7) is 1.10. The van der Waals surface area contributed by atoms with E-state index in [0.717, 1.165) is 23.3 Å². The molecule has 0 spiro atoms. The molecule has 0 fully saturated rings. The fourth-order valence-corrected chi connectivity index (χ4v) is 3.79. The van der Waals surface area contributed by atoms with Gasteiger partial charge in [-0.2, -0.15) is 0 Å². The molecular formula is C21H23ClN4O. The third-order valence-corrected chi connectivity index (χ3v) is 5.16. The van der Waals surface area contributed by atoms with E-state index in [1.165, 1.54) is 5.56 Å². The van der Waals surface area contributed by atoms with Gasteiger partial charge < -0.3 is 22.4 Å². The average molecular weight is 383 g/mol. The highest BCUT2D eigenvalue weighted by Gasteiger charge is 2.36. The lowest BCUT2D eigenvalue weighted by atomic mass is 10.1. The van der Waals surface area contributed by atoms with Gasteiger partial charge in [0.15, 0.2) is 11.0 Å². The van der Waals surface area contributed by atoms with Gasteiger partial charge in [0.1, 0.15) is 17.2 Å². The fourth-order valence-electron chi connectivity index (χ4n) is 3.79. The van der Waals surface area contributed by atoms with Crippen molar-refractivity contribution >= 4 is 22.4 Å². The number of benzene rings is 2. The summed E-state index contributed by atoms with van der Waals surface area (Å²) in [5, 5.41) is 19.3. The number of nitrogens with zero attached hydrogens (tertiary/aromatic N) is 3. The Morgan fingerprint density at radius 2 is 1.74 bits per heavy atom. The van der Waals surface area contributed by atoms with Gasteiger partial charge in [0, 0.05) is 6.54 Å². The maximum atomic E-state index is 10.6. The first-order valence-corrected chi connectivity index (χ1v) is 8.81. The molecule has 1 aliphatic rings. The number of halogens is 1. The van der Waals surface area contributed by atoms with Crippen LogP contribution in [0.3, 0.4) is 0 Å². The van der Waals surface area contributed by atoms with Crippen LogP contribution in [0.25, 0.3) is 16.6 Å². The number of aliphatic hydroxyl groups excluding tert-OH is 1. The number of nitrogens with one attached hydrogen (secondary N) is 1. The van der Waals surface area contributed by atoms with Crippen molar-refractivity contribution in [2.75, 3.05) is 13.1 Å². The normalized spacial score (nSPS) is 14.1. The van der Waals surface area contributed by atoms with Gasteiger partial charge in [-0.1, -0.05) is 42.5 Å². The summed E-state index contributed by atoms with van der Waals surface area (Å²) >= 11 is 0. The van der Waals surface area contributed by atoms with E-state index in [9.17, 15) is 5.11 Å². The van der Waals surface area contributed by atoms with Crippen LogP contribution in [-0.4, -0.2) is 33.5 Å². The van der Waals surface area contributed by atoms with Gasteiger partial charge in [0.25, 0.3) is 5.82 Å². The van der Waals surface area contributed by atoms with Crippen LogP contribution in [0.1, 0.15) is 11.4 Å². The Balaban J connectivity index is 0.00000210. The number of hydrogen-bond donors (Lipinski definition) is 2. The molecule has 140 valence electrons. The van der Waals surface area contributed by atoms with Crippen LogP contribution < -0.4 is 17.0 Å². The van der Waals surface area contributed by atoms with Crippen molar-refractivity contribution in [1.29, 1.82) is 5.41 Å². The Morgan fingerprint density at radius 3 is 2.44 bits per heavy atom. The molecule has 0 amide bonds. The number of imidazole rings is 1. The maximum Gasteiger partial charge on any atom is 0.296 e. The number of rotatable bonds is 4. The highest BCUT2D eigenvalue weighted by atomic mass is 35.5. The van der Waals surface area contributed by atoms with Gasteiger partial charge in [-0.25, -0.2) is 9.13 Å². The fraction of sp³-hybridized carbons (Fsp3) is 0.238. The molecule has 2 aromatic carbocycles. The second-order valence-corrected chi connectivity index (χ2v) is 6.76. The second kappa shape index (κ2) is 7.45. The van der Waals surface area contributed by atoms with Crippen LogP contribution in [0.4, 0.5) is 0 Å². The second-order valence-electron chi connectivity index (χ2n) is 6.76. The molecule has 0 saturated carbocycles. The molecule has 0 radical (unpaired) electrons. The van der Waals surface area contributed by atoms with Crippen molar-refractivity contribution in [1.82, 2.24) is 9.47 Å². The van der Waals surface area contributed by atoms with Gasteiger partial charge in [0.05, 0.1) is 20.6 Å². The smallest absolute Gasteiger partial charge is 0.296 e. The summed E-state index contributed by atoms with van der Waals surface area (Å²) < 4.78 is 4.10. The van der Waals surface area contributed by atoms with Crippen LogP contribution in [0.2, 0.25) is 0 Å². The molecule has 6 heteroatoms. The van der Waals surface area contributed by atoms with Crippen molar-refractivity contribution in [3.63, 3.8) is 0 Å². The molecule has 0 saturated heterocycles. The molecule has 0 aliphatic carbocycles. The van der Waals surface area contributed by atoms with E-state index in [4.69, 9.17) is 5.41 Å². The van der Waals surface area contributed by atoms with Crippen molar-refractivity contribution in [2.45, 2.75) is 6.42 Å². The van der Waals surface area contributed by atoms with Crippen molar-refractivity contribution < 1.29 is 22.1 Å². The molecule has 2 heterocycles. The van der Waals surface area contributed by atoms with Gasteiger partial charge in [-0.3, -0.25) is 5.41 Å². The first kappa shape index (κ1) is 19.0. The molecule has 0 unspecified atom stereocenters. The Kier molecular flexibility index (Phi) is 5.24. The monoisotopic (exact) mass is 382 g/mol. The van der Waals surface area contributed by atoms with Gasteiger partial charge in [-0.15, -0.1) is 0 Å². The minimum absolute atomic E-state index is 0. The molecule has 5 nitrogen and oxygen atoms in total. The zero-order valence-corrected chi connectivity index (χ0v) is 16.2. The molecule has 2 N–H and O–H groups in total. The van der Waals surface area contributed by atoms with Crippen molar-refractivity contribution in [2.24, 2.45) is 14.1 Å². The largest absolute Gasteiger partial charge is 1.00 e. The lowest BCUT2D eigenvalue weighted by Gasteiger charge is -2.18. The number of aryl methyl sites for hydroxylation is 2. The number of hydrogen-bond acceptors (Lipinski definition) is 2. The Morgan fingerprint density at radius 1 is 1.07 bits per heavy atom. The molecule has 1 aliphatic heterocycles. The van der Waals surface area contributed by atoms with Crippen LogP contribution >= 0.6 is 0 Å². The van der Waals surface area contributed by atoms with E-state index in [1.807, 2.05) is 49.3 Å². The third-order valence-electron chi connectivity index (χ3n) is 5.16. The minimum Gasteiger partial charge on any atom is -1.00 e. The van der Waals surface area contributed by atoms with E-state index in [2.05, 4.69) is 33.4 Å². The molecule has 1 aromatic heterocycles. The Labute approximate surface area is 165 Å². The van der Waals surface area contributed by atoms with E-state index in [1.54, 1.807) is 0 Å². The topological polar surface area (TPSA) is 56.1 Å². The quantitative estimate of drug-likeness (QED) is 0.615. The Bertz CT molecular complexity index is 984. The highest BCUT2D eigenvalue weighted by molar-refractivity contribution is 6.22. The van der Waals surface area contributed by atoms with Crippen LogP contribution in [0, 0.1) is 5.41 Å². The van der Waals surface area contributed by atoms with Gasteiger partial charge in [-0.05, 0) is 24.1 Å². The summed E-state index contributed by atoms with van der Waals surface area (Å²) in [5.41, 5.74) is 4.03. The number of fused-ring (bicyclic) bond motifs is 1. The molecule has 0 atom stereocenters. The van der Waals surface area contributed by atoms with E-state index in [0.29, 0.717) is 24.5 Å². The standard InChI is InChI=1S/C21H22N4O.ClH/c1-23-16-10-6-7-11-17(16)24(2)21(23)19-18(26)14-25(20(19)22)13-12-15-8-4-3-5-9-15;/h3-11,22H,12-14H2,1-2H3;1H. The minimum atomic E-state index is 0. The SMILES string of the molecule is Cn1c(C2=C(O)CN(CCc3ccccc3)C2=N)[n+](C)c2ccccc21.[Cl-]. The summed E-state index contributed by atoms with van der Waals surface area (Å²) in [6.07, 6.45) is 0.852. The molecule has 0 bridgehead atoms. The molecular weight excluding hydrogens is 360 g/mol. The first-order chi connectivity index (χ1) is 12.6. The number of amidine groups is 1. The van der Waals surface area contributed by atoms with E-state index in [-0.39, 0.29) is 18.2 Å². The predicted octanol–water partition coefficient (Wildman–Crippen LogP) is -0.189. The Hall–Kier alpha value is -2.79. The van der Waals surface area contributed by atoms with E-state index >= 15 is 0 Å². The molecule has 4 rings (SSSR count). The molecule has 27 heavy (non-hydrogen) atoms. The van der Waals surface area contributed by atoms with Crippen molar-refractivity contribution in [3.8, 4) is 0 Å². The van der Waals surface area contributed by atoms with Crippen LogP contribution in [-0.2, 0) is 20.5 Å². The third kappa shape index (κ3) is 3.19. The number of para-hydroxylation sites is 2. The number of aromatic nitrogens is 2. The van der Waals surface area contributed by atoms with Gasteiger partial charge >= 0.3 is 0 Å². The summed E-state index contributed by atoms with van der Waals surface area (Å²) in [4.78, 5) is 1.94. The number of aliphatic hydroxyl groups is 1. The summed E-state index contributed by atoms with van der Waals surface area (Å²) in [6, 6.07) is 18.4. The lowest BCUT2D eigenvalue weighted by Crippen LogP contribution is -3.00. The predicted molar refractivity (Wildman–Crippen MR) is 103 cm³/mol. The van der Waals surface area contributed by atoms with E-state index < -0.39 is 0 Å². The average Bonchev–Trinajstić information content (AvgIpc) is 3.08. The first-order valence-electron chi connectivity index (χ1n) is 8.81. The van der Waals surface area contributed by atoms with Crippen LogP contribution in [0.5, 0.6) is 0 Å². The highest BCUT2D eigenvalue weighted by Crippen LogP contribution is 2.27. The van der Waals surface area contributed by atoms with Gasteiger partial charge in [0.2, 0.25) is 0 Å². The zero-order chi connectivity index (χ0) is 18.3. The zero-order valence-electron chi connectivity index (χ0n) is 15.5. The molecule has 3 aromatic rings. The van der Waals surface area contributed by atoms with Crippen LogP contribution in [0.15, 0.2) is 60.4 Å². The lowest BCUT2D eigenvalue weighted by molar-refractivity contribution is -0.648. The van der Waals surface area contributed by atoms with Crippen molar-refractivity contribution in [3.05, 3.63) is 71.7 Å². The summed E-state index contributed by atoms with van der Waals surface area (Å²) in [5.74, 6) is 1.51. The maximum absolute atomic E-state index is 10.6. The summed E-state index contributed by atoms with van der Waals surface area (Å²) in [7, 11) is 3.97.